The lowest BCUT2D eigenvalue weighted by molar-refractivity contribution is 0.346. The number of nitrogens with zero attached hydrogens (tertiary/aromatic N) is 3. The highest BCUT2D eigenvalue weighted by atomic mass is 31.2. The van der Waals surface area contributed by atoms with Crippen LogP contribution in [0.25, 0.3) is 78.0 Å². The van der Waals surface area contributed by atoms with Gasteiger partial charge in [0.05, 0.1) is 0 Å². The molecule has 10 aromatic carbocycles. The van der Waals surface area contributed by atoms with Gasteiger partial charge >= 0.3 is 0 Å². The second-order valence-electron chi connectivity index (χ2n) is 18.5. The summed E-state index contributed by atoms with van der Waals surface area (Å²) in [5.74, 6) is 1.93. The average molecular weight is 920 g/mol. The third-order valence-corrected chi connectivity index (χ3v) is 17.6. The Morgan fingerprint density at radius 2 is 0.729 bits per heavy atom. The first-order chi connectivity index (χ1) is 34.6. The molecule has 1 aliphatic rings. The second kappa shape index (κ2) is 18.5. The zero-order valence-electron chi connectivity index (χ0n) is 38.8. The van der Waals surface area contributed by atoms with E-state index in [4.69, 9.17) is 15.0 Å². The maximum absolute atomic E-state index is 15.1. The fourth-order valence-electron chi connectivity index (χ4n) is 11.0. The average Bonchev–Trinajstić information content (AvgIpc) is 3.45. The molecule has 0 spiro atoms. The molecule has 0 amide bonds. The number of benzene rings is 10. The van der Waals surface area contributed by atoms with E-state index in [-0.39, 0.29) is 5.41 Å². The Kier molecular flexibility index (Phi) is 11.4. The Balaban J connectivity index is 0.935. The van der Waals surface area contributed by atoms with Crippen LogP contribution in [0.4, 0.5) is 0 Å². The standard InChI is InChI=1S/C65H50N3OP/c69-70(53-27-10-3-11-28-53,54-29-12-4-13-30-54)55-41-37-46(38-42-55)50-25-20-26-52(45-50)65(43-18-5-19-44-65)51-39-35-49(36-40-51)63-66-62(48-23-8-2-9-24-48)67-64(68-63)61-58-33-16-14-31-56(58)60(47-21-6-1-7-22-47)57-32-15-17-34-59(57)61/h1-4,6-17,20-42,45H,5,18-19,43-44H2. The van der Waals surface area contributed by atoms with Crippen LogP contribution < -0.4 is 15.9 Å². The maximum atomic E-state index is 15.1. The maximum Gasteiger partial charge on any atom is 0.171 e. The summed E-state index contributed by atoms with van der Waals surface area (Å²) in [6.07, 6.45) is 5.70. The van der Waals surface area contributed by atoms with E-state index in [1.54, 1.807) is 0 Å². The molecule has 4 nitrogen and oxygen atoms in total. The number of rotatable bonds is 10. The predicted octanol–water partition coefficient (Wildman–Crippen LogP) is 15.4. The normalized spacial score (nSPS) is 13.6. The summed E-state index contributed by atoms with van der Waals surface area (Å²) in [6.45, 7) is 0. The van der Waals surface area contributed by atoms with Crippen LogP contribution in [-0.2, 0) is 9.98 Å². The Morgan fingerprint density at radius 1 is 0.314 bits per heavy atom. The molecule has 11 aromatic rings. The SMILES string of the molecule is O=P(c1ccccc1)(c1ccccc1)c1ccc(-c2cccc(C3(c4ccc(-c5nc(-c6ccccc6)nc(-c6c7ccccc7c(-c7ccccc7)c7ccccc67)n5)cc4)CCCCC3)c2)cc1. The summed E-state index contributed by atoms with van der Waals surface area (Å²) in [5.41, 5.74) is 10.0. The smallest absolute Gasteiger partial charge is 0.171 e. The molecule has 0 aliphatic heterocycles. The molecule has 0 bridgehead atoms. The molecule has 1 heterocycles. The summed E-state index contributed by atoms with van der Waals surface area (Å²) in [4.78, 5) is 15.9. The molecule has 0 radical (unpaired) electrons. The van der Waals surface area contributed by atoms with Gasteiger partial charge in [-0.1, -0.05) is 262 Å². The van der Waals surface area contributed by atoms with Gasteiger partial charge in [0.15, 0.2) is 24.6 Å². The first-order valence-electron chi connectivity index (χ1n) is 24.4. The van der Waals surface area contributed by atoms with Gasteiger partial charge in [-0.05, 0) is 67.8 Å². The van der Waals surface area contributed by atoms with Crippen molar-refractivity contribution in [3.8, 4) is 56.4 Å². The monoisotopic (exact) mass is 919 g/mol. The summed E-state index contributed by atoms with van der Waals surface area (Å²) in [5, 5.41) is 7.02. The summed E-state index contributed by atoms with van der Waals surface area (Å²) >= 11 is 0. The summed E-state index contributed by atoms with van der Waals surface area (Å²) in [6, 6.07) is 84.6. The Labute approximate surface area is 409 Å². The molecule has 1 fully saturated rings. The number of aromatic nitrogens is 3. The van der Waals surface area contributed by atoms with Crippen molar-refractivity contribution in [1.82, 2.24) is 15.0 Å². The van der Waals surface area contributed by atoms with Crippen molar-refractivity contribution in [3.05, 3.63) is 254 Å². The molecule has 5 heteroatoms. The van der Waals surface area contributed by atoms with E-state index in [0.29, 0.717) is 17.5 Å². The van der Waals surface area contributed by atoms with E-state index in [9.17, 15) is 0 Å². The number of hydrogen-bond donors (Lipinski definition) is 0. The van der Waals surface area contributed by atoms with E-state index in [0.717, 1.165) is 91.0 Å². The quantitative estimate of drug-likeness (QED) is 0.101. The molecular weight excluding hydrogens is 870 g/mol. The van der Waals surface area contributed by atoms with E-state index in [1.165, 1.54) is 28.7 Å². The van der Waals surface area contributed by atoms with E-state index >= 15 is 4.57 Å². The van der Waals surface area contributed by atoms with Gasteiger partial charge in [0.25, 0.3) is 0 Å². The highest BCUT2D eigenvalue weighted by Crippen LogP contribution is 2.48. The molecule has 1 aliphatic carbocycles. The van der Waals surface area contributed by atoms with Crippen LogP contribution >= 0.6 is 7.14 Å². The molecule has 1 aromatic heterocycles. The highest BCUT2D eigenvalue weighted by molar-refractivity contribution is 7.85. The fraction of sp³-hybridized carbons (Fsp3) is 0.0923. The molecule has 1 saturated carbocycles. The molecule has 0 unspecified atom stereocenters. The molecular formula is C65H50N3OP. The largest absolute Gasteiger partial charge is 0.309 e. The van der Waals surface area contributed by atoms with Crippen LogP contribution in [0.1, 0.15) is 43.2 Å². The van der Waals surface area contributed by atoms with Crippen LogP contribution in [0.2, 0.25) is 0 Å². The minimum Gasteiger partial charge on any atom is -0.309 e. The van der Waals surface area contributed by atoms with Gasteiger partial charge in [-0.3, -0.25) is 0 Å². The van der Waals surface area contributed by atoms with Gasteiger partial charge in [-0.15, -0.1) is 0 Å². The third kappa shape index (κ3) is 7.75. The van der Waals surface area contributed by atoms with E-state index in [1.807, 2.05) is 78.9 Å². The fourth-order valence-corrected chi connectivity index (χ4v) is 13.7. The summed E-state index contributed by atoms with van der Waals surface area (Å²) in [7, 11) is -3.08. The van der Waals surface area contributed by atoms with Gasteiger partial charge in [-0.25, -0.2) is 15.0 Å². The van der Waals surface area contributed by atoms with Gasteiger partial charge in [0, 0.05) is 38.0 Å². The molecule has 0 atom stereocenters. The zero-order valence-corrected chi connectivity index (χ0v) is 39.7. The van der Waals surface area contributed by atoms with Crippen molar-refractivity contribution in [3.63, 3.8) is 0 Å². The lowest BCUT2D eigenvalue weighted by Gasteiger charge is -2.39. The van der Waals surface area contributed by atoms with Crippen LogP contribution in [0.5, 0.6) is 0 Å². The minimum atomic E-state index is -3.08. The first kappa shape index (κ1) is 43.3. The van der Waals surface area contributed by atoms with Gasteiger partial charge < -0.3 is 4.57 Å². The predicted molar refractivity (Wildman–Crippen MR) is 292 cm³/mol. The van der Waals surface area contributed by atoms with E-state index in [2.05, 4.69) is 164 Å². The Hall–Kier alpha value is -8.04. The minimum absolute atomic E-state index is 0.152. The lowest BCUT2D eigenvalue weighted by atomic mass is 9.65. The number of fused-ring (bicyclic) bond motifs is 2. The molecule has 70 heavy (non-hydrogen) atoms. The van der Waals surface area contributed by atoms with Crippen molar-refractivity contribution >= 4 is 44.6 Å². The van der Waals surface area contributed by atoms with Crippen molar-refractivity contribution in [2.75, 3.05) is 0 Å². The first-order valence-corrected chi connectivity index (χ1v) is 26.1. The van der Waals surface area contributed by atoms with Gasteiger partial charge in [0.1, 0.15) is 0 Å². The van der Waals surface area contributed by atoms with Crippen molar-refractivity contribution in [1.29, 1.82) is 0 Å². The lowest BCUT2D eigenvalue weighted by Crippen LogP contribution is -2.30. The zero-order chi connectivity index (χ0) is 46.9. The molecule has 0 N–H and O–H groups in total. The van der Waals surface area contributed by atoms with Crippen LogP contribution in [0.15, 0.2) is 243 Å². The third-order valence-electron chi connectivity index (χ3n) is 14.5. The van der Waals surface area contributed by atoms with Gasteiger partial charge in [-0.2, -0.15) is 0 Å². The van der Waals surface area contributed by atoms with E-state index < -0.39 is 7.14 Å². The highest BCUT2D eigenvalue weighted by Gasteiger charge is 2.36. The Bertz CT molecular complexity index is 3590. The van der Waals surface area contributed by atoms with Crippen LogP contribution in [0, 0.1) is 0 Å². The van der Waals surface area contributed by atoms with Crippen LogP contribution in [-0.4, -0.2) is 15.0 Å². The Morgan fingerprint density at radius 3 is 1.27 bits per heavy atom. The molecule has 0 saturated heterocycles. The van der Waals surface area contributed by atoms with Crippen LogP contribution in [0.3, 0.4) is 0 Å². The topological polar surface area (TPSA) is 55.7 Å². The van der Waals surface area contributed by atoms with Crippen molar-refractivity contribution in [2.45, 2.75) is 37.5 Å². The van der Waals surface area contributed by atoms with Gasteiger partial charge in [0.2, 0.25) is 0 Å². The number of hydrogen-bond acceptors (Lipinski definition) is 4. The second-order valence-corrected chi connectivity index (χ2v) is 21.3. The van der Waals surface area contributed by atoms with Crippen molar-refractivity contribution < 1.29 is 4.57 Å². The molecule has 12 rings (SSSR count). The molecule has 336 valence electrons. The van der Waals surface area contributed by atoms with Crippen molar-refractivity contribution in [2.24, 2.45) is 0 Å². The summed E-state index contributed by atoms with van der Waals surface area (Å²) < 4.78 is 15.1.